The second kappa shape index (κ2) is 12.2. The quantitative estimate of drug-likeness (QED) is 0.214. The summed E-state index contributed by atoms with van der Waals surface area (Å²) in [5.74, 6) is 0.447. The van der Waals surface area contributed by atoms with Crippen molar-refractivity contribution in [3.05, 3.63) is 53.8 Å². The van der Waals surface area contributed by atoms with Crippen LogP contribution in [0.15, 0.2) is 42.5 Å². The number of aliphatic hydroxyl groups excluding tert-OH is 1. The Hall–Kier alpha value is -4.04. The highest BCUT2D eigenvalue weighted by Crippen LogP contribution is 2.46. The van der Waals surface area contributed by atoms with Gasteiger partial charge in [-0.1, -0.05) is 24.3 Å². The molecule has 1 aromatic heterocycles. The van der Waals surface area contributed by atoms with Crippen molar-refractivity contribution in [3.8, 4) is 29.0 Å². The molecule has 6 rings (SSSR count). The average molecular weight is 601 g/mol. The van der Waals surface area contributed by atoms with Gasteiger partial charge >= 0.3 is 6.01 Å². The molecule has 0 unspecified atom stereocenters. The summed E-state index contributed by atoms with van der Waals surface area (Å²) < 4.78 is 34.1. The molecule has 0 spiro atoms. The van der Waals surface area contributed by atoms with Crippen LogP contribution >= 0.6 is 0 Å². The van der Waals surface area contributed by atoms with Crippen molar-refractivity contribution < 1.29 is 28.8 Å². The largest absolute Gasteiger partial charge is 0.468 e. The smallest absolute Gasteiger partial charge is 0.319 e. The van der Waals surface area contributed by atoms with E-state index >= 15 is 4.39 Å². The number of hydrogen-bond donors (Lipinski definition) is 2. The van der Waals surface area contributed by atoms with Crippen LogP contribution in [-0.4, -0.2) is 66.0 Å². The summed E-state index contributed by atoms with van der Waals surface area (Å²) in [7, 11) is 1.54. The van der Waals surface area contributed by atoms with Gasteiger partial charge in [0.05, 0.1) is 24.9 Å². The highest BCUT2D eigenvalue weighted by atomic mass is 19.1. The molecule has 3 aromatic carbocycles. The minimum atomic E-state index is -0.935. The molecule has 44 heavy (non-hydrogen) atoms. The molecule has 1 saturated carbocycles. The Kier molecular flexibility index (Phi) is 8.29. The Labute approximate surface area is 255 Å². The van der Waals surface area contributed by atoms with E-state index in [2.05, 4.69) is 11.1 Å². The lowest BCUT2D eigenvalue weighted by molar-refractivity contribution is 0.0447. The minimum Gasteiger partial charge on any atom is -0.468 e. The van der Waals surface area contributed by atoms with Crippen molar-refractivity contribution in [2.24, 2.45) is 5.41 Å². The van der Waals surface area contributed by atoms with Crippen molar-refractivity contribution in [1.82, 2.24) is 9.97 Å². The number of β-amino-alcohol motifs (C(OH)–C–C–N with tert-alkyl or cyclic N) is 1. The van der Waals surface area contributed by atoms with Gasteiger partial charge in [-0.2, -0.15) is 15.2 Å². The molecule has 1 atom stereocenters. The summed E-state index contributed by atoms with van der Waals surface area (Å²) >= 11 is 0. The number of piperidine rings is 1. The van der Waals surface area contributed by atoms with Crippen LogP contribution in [0, 0.1) is 22.6 Å². The predicted molar refractivity (Wildman–Crippen MR) is 165 cm³/mol. The van der Waals surface area contributed by atoms with Gasteiger partial charge in [-0.05, 0) is 79.1 Å². The fraction of sp³-hybridized carbons (Fsp3) is 0.441. The number of aromatic nitrogens is 2. The third-order valence-corrected chi connectivity index (χ3v) is 8.70. The van der Waals surface area contributed by atoms with Crippen LogP contribution in [0.25, 0.3) is 32.8 Å². The molecule has 0 amide bonds. The van der Waals surface area contributed by atoms with Crippen molar-refractivity contribution in [2.75, 3.05) is 45.1 Å². The predicted octanol–water partition coefficient (Wildman–Crippen LogP) is 5.53. The Morgan fingerprint density at radius 2 is 1.91 bits per heavy atom. The molecular weight excluding hydrogens is 563 g/mol. The number of anilines is 1. The number of aryl methyl sites for hydroxylation is 1. The molecular formula is C34H37FN4O5. The molecule has 10 heteroatoms. The van der Waals surface area contributed by atoms with Gasteiger partial charge < -0.3 is 29.3 Å². The van der Waals surface area contributed by atoms with E-state index in [1.54, 1.807) is 13.0 Å². The number of fused-ring (bicyclic) bond motifs is 2. The molecule has 230 valence electrons. The first-order chi connectivity index (χ1) is 21.3. The van der Waals surface area contributed by atoms with Gasteiger partial charge in [0, 0.05) is 43.0 Å². The first kappa shape index (κ1) is 30.0. The van der Waals surface area contributed by atoms with Crippen LogP contribution in [0.4, 0.5) is 10.2 Å². The summed E-state index contributed by atoms with van der Waals surface area (Å²) in [5, 5.41) is 32.5. The molecule has 9 nitrogen and oxygen atoms in total. The Morgan fingerprint density at radius 3 is 2.64 bits per heavy atom. The lowest BCUT2D eigenvalue weighted by atomic mass is 9.90. The molecule has 1 aliphatic heterocycles. The van der Waals surface area contributed by atoms with E-state index in [0.29, 0.717) is 59.6 Å². The lowest BCUT2D eigenvalue weighted by Gasteiger charge is -2.38. The zero-order valence-corrected chi connectivity index (χ0v) is 25.1. The minimum absolute atomic E-state index is 0.00223. The van der Waals surface area contributed by atoms with Gasteiger partial charge in [0.15, 0.2) is 12.6 Å². The number of nitrogens with zero attached hydrogens (tertiary/aromatic N) is 4. The van der Waals surface area contributed by atoms with Gasteiger partial charge in [0.25, 0.3) is 0 Å². The monoisotopic (exact) mass is 600 g/mol. The van der Waals surface area contributed by atoms with Crippen molar-refractivity contribution >= 4 is 27.5 Å². The number of benzene rings is 3. The number of nitriles is 1. The van der Waals surface area contributed by atoms with Crippen LogP contribution in [-0.2, 0) is 11.2 Å². The van der Waals surface area contributed by atoms with Crippen LogP contribution < -0.4 is 14.4 Å². The third-order valence-electron chi connectivity index (χ3n) is 8.70. The maximum absolute atomic E-state index is 17.2. The second-order valence-electron chi connectivity index (χ2n) is 12.3. The zero-order chi connectivity index (χ0) is 30.9. The second-order valence-corrected chi connectivity index (χ2v) is 12.3. The number of ether oxygens (including phenoxy) is 3. The normalized spacial score (nSPS) is 19.2. The summed E-state index contributed by atoms with van der Waals surface area (Å²) in [6.07, 6.45) is 3.57. The number of methoxy groups -OCH3 is 1. The zero-order valence-electron chi connectivity index (χ0n) is 25.1. The molecule has 2 aliphatic rings. The van der Waals surface area contributed by atoms with E-state index in [4.69, 9.17) is 19.2 Å². The van der Waals surface area contributed by atoms with Crippen molar-refractivity contribution in [1.29, 1.82) is 5.26 Å². The number of hydrogen-bond acceptors (Lipinski definition) is 9. The molecule has 0 bridgehead atoms. The van der Waals surface area contributed by atoms with Gasteiger partial charge in [-0.3, -0.25) is 0 Å². The summed E-state index contributed by atoms with van der Waals surface area (Å²) in [6, 6.07) is 15.5. The molecule has 2 N–H and O–H groups in total. The van der Waals surface area contributed by atoms with Crippen LogP contribution in [0.1, 0.15) is 44.6 Å². The van der Waals surface area contributed by atoms with Crippen LogP contribution in [0.3, 0.4) is 0 Å². The molecule has 1 saturated heterocycles. The van der Waals surface area contributed by atoms with Crippen molar-refractivity contribution in [2.45, 2.75) is 51.0 Å². The molecule has 4 aromatic rings. The fourth-order valence-electron chi connectivity index (χ4n) is 6.07. The van der Waals surface area contributed by atoms with Crippen LogP contribution in [0.2, 0.25) is 0 Å². The first-order valence-corrected chi connectivity index (χ1v) is 15.0. The van der Waals surface area contributed by atoms with Gasteiger partial charge in [0.1, 0.15) is 17.1 Å². The SMILES string of the molecule is COCOc1cc(-c2c(CCC#N)cc3c(N4CCC[C@@](C)(O)C4)nc(OCC4(CO)CC4)nc3c2F)c2ccccc2c1. The highest BCUT2D eigenvalue weighted by Gasteiger charge is 2.43. The maximum Gasteiger partial charge on any atom is 0.319 e. The van der Waals surface area contributed by atoms with Gasteiger partial charge in [-0.25, -0.2) is 4.39 Å². The average Bonchev–Trinajstić information content (AvgIpc) is 3.81. The first-order valence-electron chi connectivity index (χ1n) is 15.0. The van der Waals surface area contributed by atoms with E-state index in [1.165, 1.54) is 7.11 Å². The van der Waals surface area contributed by atoms with E-state index in [9.17, 15) is 15.5 Å². The summed E-state index contributed by atoms with van der Waals surface area (Å²) in [5.41, 5.74) is 0.427. The summed E-state index contributed by atoms with van der Waals surface area (Å²) in [6.45, 7) is 2.99. The van der Waals surface area contributed by atoms with Gasteiger partial charge in [-0.15, -0.1) is 0 Å². The number of halogens is 1. The topological polar surface area (TPSA) is 121 Å². The van der Waals surface area contributed by atoms with Crippen LogP contribution in [0.5, 0.6) is 11.8 Å². The van der Waals surface area contributed by atoms with E-state index in [0.717, 1.165) is 30.0 Å². The fourth-order valence-corrected chi connectivity index (χ4v) is 6.07. The van der Waals surface area contributed by atoms with E-state index < -0.39 is 11.4 Å². The highest BCUT2D eigenvalue weighted by molar-refractivity contribution is 6.02. The summed E-state index contributed by atoms with van der Waals surface area (Å²) in [4.78, 5) is 11.3. The van der Waals surface area contributed by atoms with E-state index in [-0.39, 0.29) is 43.4 Å². The van der Waals surface area contributed by atoms with E-state index in [1.807, 2.05) is 41.3 Å². The maximum atomic E-state index is 17.2. The Balaban J connectivity index is 1.58. The molecule has 2 fully saturated rings. The Bertz CT molecular complexity index is 1730. The van der Waals surface area contributed by atoms with Gasteiger partial charge in [0.2, 0.25) is 0 Å². The molecule has 1 aliphatic carbocycles. The Morgan fingerprint density at radius 1 is 1.09 bits per heavy atom. The third kappa shape index (κ3) is 6.00. The molecule has 2 heterocycles. The number of aliphatic hydroxyl groups is 2. The number of rotatable bonds is 11. The standard InChI is InChI=1S/C34H37FN4O5/c1-33(41)10-6-14-39(18-33)31-27-16-23(8-5-13-36)28(26-17-24(44-21-42-2)15-22-7-3-4-9-25(22)26)29(35)30(27)37-32(38-31)43-20-34(19-40)11-12-34/h3-4,7,9,15-17,40-41H,5-6,8,10-12,14,18-21H2,1-2H3/t33-/m1/s1. The van der Waals surface area contributed by atoms with Crippen molar-refractivity contribution in [3.63, 3.8) is 0 Å². The molecule has 0 radical (unpaired) electrons. The lowest BCUT2D eigenvalue weighted by Crippen LogP contribution is -2.46.